The lowest BCUT2D eigenvalue weighted by atomic mass is 10.0. The van der Waals surface area contributed by atoms with Crippen molar-refractivity contribution in [2.24, 2.45) is 5.14 Å². The summed E-state index contributed by atoms with van der Waals surface area (Å²) in [6, 6.07) is 13.0. The maximum Gasteiger partial charge on any atom is 0.573 e. The van der Waals surface area contributed by atoms with Crippen molar-refractivity contribution in [3.05, 3.63) is 76.3 Å². The molecule has 0 saturated carbocycles. The number of urea groups is 1. The molecule has 34 heavy (non-hydrogen) atoms. The molecule has 0 aliphatic rings. The molecule has 3 aromatic carbocycles. The highest BCUT2D eigenvalue weighted by Gasteiger charge is 2.32. The van der Waals surface area contributed by atoms with Gasteiger partial charge in [0.25, 0.3) is 0 Å². The molecule has 0 aliphatic heterocycles. The third-order valence-electron chi connectivity index (χ3n) is 4.39. The Hall–Kier alpha value is -2.99. The topological polar surface area (TPSA) is 111 Å². The summed E-state index contributed by atoms with van der Waals surface area (Å²) >= 11 is 12.5. The number of benzene rings is 3. The molecule has 180 valence electrons. The Morgan fingerprint density at radius 2 is 1.59 bits per heavy atom. The van der Waals surface area contributed by atoms with Crippen molar-refractivity contribution in [3.8, 4) is 16.9 Å². The average Bonchev–Trinajstić information content (AvgIpc) is 2.71. The SMILES string of the molecule is NS(=O)(=O)c1ccc(CNC(=O)Nc2cc(Cl)c(-c3ccccc3OC(F)(F)F)c(Cl)c2)cc1. The molecule has 0 saturated heterocycles. The van der Waals surface area contributed by atoms with Crippen LogP contribution in [-0.4, -0.2) is 20.8 Å². The van der Waals surface area contributed by atoms with Gasteiger partial charge < -0.3 is 15.4 Å². The van der Waals surface area contributed by atoms with Gasteiger partial charge in [-0.3, -0.25) is 0 Å². The van der Waals surface area contributed by atoms with E-state index in [2.05, 4.69) is 15.4 Å². The van der Waals surface area contributed by atoms with E-state index in [0.717, 1.165) is 6.07 Å². The van der Waals surface area contributed by atoms with E-state index in [4.69, 9.17) is 28.3 Å². The zero-order chi connectivity index (χ0) is 25.1. The Kier molecular flexibility index (Phi) is 7.61. The van der Waals surface area contributed by atoms with Gasteiger partial charge in [0.05, 0.1) is 14.9 Å². The Morgan fingerprint density at radius 3 is 2.15 bits per heavy atom. The smallest absolute Gasteiger partial charge is 0.405 e. The Morgan fingerprint density at radius 1 is 1.00 bits per heavy atom. The number of rotatable bonds is 6. The molecule has 4 N–H and O–H groups in total. The molecule has 0 aromatic heterocycles. The lowest BCUT2D eigenvalue weighted by Gasteiger charge is -2.16. The number of sulfonamides is 1. The van der Waals surface area contributed by atoms with Crippen LogP contribution >= 0.6 is 23.2 Å². The van der Waals surface area contributed by atoms with Crippen molar-refractivity contribution in [1.82, 2.24) is 5.32 Å². The fourth-order valence-corrected chi connectivity index (χ4v) is 4.15. The van der Waals surface area contributed by atoms with Gasteiger partial charge in [0.1, 0.15) is 5.75 Å². The summed E-state index contributed by atoms with van der Waals surface area (Å²) in [6.45, 7) is 0.0679. The molecule has 2 amide bonds. The van der Waals surface area contributed by atoms with Crippen LogP contribution in [0.5, 0.6) is 5.75 Å². The summed E-state index contributed by atoms with van der Waals surface area (Å²) in [7, 11) is -3.82. The Labute approximate surface area is 202 Å². The van der Waals surface area contributed by atoms with Crippen molar-refractivity contribution in [3.63, 3.8) is 0 Å². The van der Waals surface area contributed by atoms with E-state index in [1.165, 1.54) is 54.6 Å². The van der Waals surface area contributed by atoms with Crippen LogP contribution in [0.25, 0.3) is 11.1 Å². The van der Waals surface area contributed by atoms with E-state index in [-0.39, 0.29) is 38.3 Å². The molecule has 0 bridgehead atoms. The summed E-state index contributed by atoms with van der Waals surface area (Å²) < 4.78 is 64.8. The maximum absolute atomic E-state index is 12.7. The van der Waals surface area contributed by atoms with Crippen LogP contribution in [0.4, 0.5) is 23.7 Å². The average molecular weight is 534 g/mol. The first-order valence-electron chi connectivity index (χ1n) is 9.34. The van der Waals surface area contributed by atoms with Gasteiger partial charge in [0, 0.05) is 23.4 Å². The summed E-state index contributed by atoms with van der Waals surface area (Å²) in [6.07, 6.45) is -4.91. The maximum atomic E-state index is 12.7. The number of hydrogen-bond donors (Lipinski definition) is 3. The largest absolute Gasteiger partial charge is 0.573 e. The first kappa shape index (κ1) is 25.6. The Balaban J connectivity index is 1.73. The number of nitrogens with one attached hydrogen (secondary N) is 2. The summed E-state index contributed by atoms with van der Waals surface area (Å²) in [5.41, 5.74) is 0.920. The third-order valence-corrected chi connectivity index (χ3v) is 5.91. The van der Waals surface area contributed by atoms with Crippen LogP contribution in [0, 0.1) is 0 Å². The molecule has 0 spiro atoms. The quantitative estimate of drug-likeness (QED) is 0.386. The number of carbonyl (C=O) groups excluding carboxylic acids is 1. The van der Waals surface area contributed by atoms with E-state index in [1.54, 1.807) is 0 Å². The molecule has 3 aromatic rings. The second-order valence-corrected chi connectivity index (χ2v) is 9.23. The van der Waals surface area contributed by atoms with Crippen molar-refractivity contribution < 1.29 is 31.1 Å². The monoisotopic (exact) mass is 533 g/mol. The number of hydrogen-bond acceptors (Lipinski definition) is 4. The highest BCUT2D eigenvalue weighted by atomic mass is 35.5. The van der Waals surface area contributed by atoms with Crippen molar-refractivity contribution >= 4 is 44.9 Å². The number of para-hydroxylation sites is 1. The van der Waals surface area contributed by atoms with Gasteiger partial charge in [-0.1, -0.05) is 53.5 Å². The number of ether oxygens (including phenoxy) is 1. The highest BCUT2D eigenvalue weighted by molar-refractivity contribution is 7.89. The minimum Gasteiger partial charge on any atom is -0.405 e. The van der Waals surface area contributed by atoms with Gasteiger partial charge in [0.15, 0.2) is 0 Å². The zero-order valence-electron chi connectivity index (χ0n) is 17.0. The third kappa shape index (κ3) is 6.76. The van der Waals surface area contributed by atoms with Crippen molar-refractivity contribution in [2.45, 2.75) is 17.8 Å². The molecule has 0 fully saturated rings. The molecule has 3 rings (SSSR count). The second kappa shape index (κ2) is 10.1. The van der Waals surface area contributed by atoms with Gasteiger partial charge in [-0.25, -0.2) is 18.4 Å². The van der Waals surface area contributed by atoms with Gasteiger partial charge in [0.2, 0.25) is 10.0 Å². The van der Waals surface area contributed by atoms with Crippen LogP contribution in [0.15, 0.2) is 65.6 Å². The Bertz CT molecular complexity index is 1290. The minimum atomic E-state index is -4.91. The van der Waals surface area contributed by atoms with Crippen molar-refractivity contribution in [1.29, 1.82) is 0 Å². The van der Waals surface area contributed by atoms with E-state index >= 15 is 0 Å². The number of alkyl halides is 3. The summed E-state index contributed by atoms with van der Waals surface area (Å²) in [5.74, 6) is -0.481. The predicted molar refractivity (Wildman–Crippen MR) is 122 cm³/mol. The number of halogens is 5. The van der Waals surface area contributed by atoms with Crippen LogP contribution < -0.4 is 20.5 Å². The first-order chi connectivity index (χ1) is 15.8. The number of amides is 2. The van der Waals surface area contributed by atoms with Crippen LogP contribution in [0.2, 0.25) is 10.0 Å². The van der Waals surface area contributed by atoms with E-state index < -0.39 is 28.2 Å². The lowest BCUT2D eigenvalue weighted by molar-refractivity contribution is -0.274. The van der Waals surface area contributed by atoms with E-state index in [9.17, 15) is 26.4 Å². The predicted octanol–water partition coefficient (Wildman–Crippen LogP) is 5.53. The first-order valence-corrected chi connectivity index (χ1v) is 11.6. The summed E-state index contributed by atoms with van der Waals surface area (Å²) in [4.78, 5) is 12.2. The number of anilines is 1. The van der Waals surface area contributed by atoms with E-state index in [1.807, 2.05) is 0 Å². The number of carbonyl (C=O) groups is 1. The van der Waals surface area contributed by atoms with Gasteiger partial charge in [-0.2, -0.15) is 0 Å². The molecular weight excluding hydrogens is 518 g/mol. The summed E-state index contributed by atoms with van der Waals surface area (Å²) in [5, 5.41) is 10.1. The van der Waals surface area contributed by atoms with E-state index in [0.29, 0.717) is 5.56 Å². The molecular formula is C21H16Cl2F3N3O4S. The molecule has 0 unspecified atom stereocenters. The van der Waals surface area contributed by atoms with Gasteiger partial charge in [-0.15, -0.1) is 13.2 Å². The van der Waals surface area contributed by atoms with Crippen LogP contribution in [0.1, 0.15) is 5.56 Å². The fourth-order valence-electron chi connectivity index (χ4n) is 2.94. The van der Waals surface area contributed by atoms with Gasteiger partial charge >= 0.3 is 12.4 Å². The molecule has 0 aliphatic carbocycles. The standard InChI is InChI=1S/C21H16Cl2F3N3O4S/c22-16-9-13(29-20(30)28-11-12-5-7-14(8-6-12)34(27,31)32)10-17(23)19(16)15-3-1-2-4-18(15)33-21(24,25)26/h1-10H,11H2,(H2,27,31,32)(H2,28,29,30). The minimum absolute atomic E-state index is 0.0143. The highest BCUT2D eigenvalue weighted by Crippen LogP contribution is 2.42. The van der Waals surface area contributed by atoms with Crippen LogP contribution in [-0.2, 0) is 16.6 Å². The molecule has 0 atom stereocenters. The molecule has 13 heteroatoms. The number of primary sulfonamides is 1. The normalized spacial score (nSPS) is 11.7. The van der Waals surface area contributed by atoms with Crippen LogP contribution in [0.3, 0.4) is 0 Å². The lowest BCUT2D eigenvalue weighted by Crippen LogP contribution is -2.28. The second-order valence-electron chi connectivity index (χ2n) is 6.86. The van der Waals surface area contributed by atoms with Gasteiger partial charge in [-0.05, 0) is 35.9 Å². The van der Waals surface area contributed by atoms with Crippen molar-refractivity contribution in [2.75, 3.05) is 5.32 Å². The molecule has 0 radical (unpaired) electrons. The fraction of sp³-hybridized carbons (Fsp3) is 0.0952. The molecule has 7 nitrogen and oxygen atoms in total. The zero-order valence-corrected chi connectivity index (χ0v) is 19.3. The number of nitrogens with two attached hydrogens (primary N) is 1. The molecule has 0 heterocycles.